The highest BCUT2D eigenvalue weighted by Gasteiger charge is 2.27. The number of nitro groups is 1. The van der Waals surface area contributed by atoms with Crippen LogP contribution in [0, 0.1) is 21.4 Å². The van der Waals surface area contributed by atoms with Crippen LogP contribution in [0.1, 0.15) is 31.2 Å². The maximum Gasteiger partial charge on any atom is 0.287 e. The zero-order valence-electron chi connectivity index (χ0n) is 12.6. The van der Waals surface area contributed by atoms with Gasteiger partial charge in [0.25, 0.3) is 5.69 Å². The Hall–Kier alpha value is -2.13. The Morgan fingerprint density at radius 3 is 2.68 bits per heavy atom. The van der Waals surface area contributed by atoms with Crippen molar-refractivity contribution in [1.82, 2.24) is 4.90 Å². The predicted molar refractivity (Wildman–Crippen MR) is 83.9 cm³/mol. The Bertz CT molecular complexity index is 605. The highest BCUT2D eigenvalue weighted by Crippen LogP contribution is 2.28. The van der Waals surface area contributed by atoms with E-state index in [2.05, 4.69) is 9.80 Å². The first-order valence-electron chi connectivity index (χ1n) is 7.86. The standard InChI is InChI=1S/C16H20N4O2/c17-11-13-10-14(5-6-16(13)20(21)22)19-9-3-4-15(12-19)18-7-1-2-8-18/h5-6,10,15H,1-4,7-9,12H2/t15-/m0/s1. The summed E-state index contributed by atoms with van der Waals surface area (Å²) in [6.07, 6.45) is 4.91. The number of hydrogen-bond donors (Lipinski definition) is 0. The molecule has 22 heavy (non-hydrogen) atoms. The average Bonchev–Trinajstić information content (AvgIpc) is 3.08. The zero-order chi connectivity index (χ0) is 15.5. The topological polar surface area (TPSA) is 73.4 Å². The number of benzene rings is 1. The van der Waals surface area contributed by atoms with Gasteiger partial charge in [-0.3, -0.25) is 15.0 Å². The van der Waals surface area contributed by atoms with Crippen molar-refractivity contribution in [3.63, 3.8) is 0 Å². The molecule has 0 aliphatic carbocycles. The van der Waals surface area contributed by atoms with Crippen LogP contribution in [0.4, 0.5) is 11.4 Å². The normalized spacial score (nSPS) is 22.5. The molecule has 2 saturated heterocycles. The van der Waals surface area contributed by atoms with E-state index in [9.17, 15) is 10.1 Å². The van der Waals surface area contributed by atoms with Crippen LogP contribution in [0.3, 0.4) is 0 Å². The van der Waals surface area contributed by atoms with Crippen molar-refractivity contribution in [3.05, 3.63) is 33.9 Å². The van der Waals surface area contributed by atoms with Gasteiger partial charge in [0.05, 0.1) is 4.92 Å². The van der Waals surface area contributed by atoms with Crippen LogP contribution in [0.15, 0.2) is 18.2 Å². The Morgan fingerprint density at radius 1 is 1.23 bits per heavy atom. The number of nitriles is 1. The van der Waals surface area contributed by atoms with E-state index >= 15 is 0 Å². The summed E-state index contributed by atoms with van der Waals surface area (Å²) >= 11 is 0. The van der Waals surface area contributed by atoms with Crippen LogP contribution in [0.5, 0.6) is 0 Å². The molecule has 1 atom stereocenters. The van der Waals surface area contributed by atoms with Crippen LogP contribution < -0.4 is 4.90 Å². The molecule has 2 aliphatic heterocycles. The molecule has 0 unspecified atom stereocenters. The first-order chi connectivity index (χ1) is 10.7. The number of rotatable bonds is 3. The van der Waals surface area contributed by atoms with Crippen LogP contribution in [0.2, 0.25) is 0 Å². The molecule has 0 bridgehead atoms. The molecule has 2 heterocycles. The summed E-state index contributed by atoms with van der Waals surface area (Å²) in [6, 6.07) is 7.39. The molecular formula is C16H20N4O2. The van der Waals surface area contributed by atoms with Gasteiger partial charge >= 0.3 is 0 Å². The van der Waals surface area contributed by atoms with Gasteiger partial charge in [-0.2, -0.15) is 5.26 Å². The van der Waals surface area contributed by atoms with E-state index in [1.165, 1.54) is 38.4 Å². The number of likely N-dealkylation sites (tertiary alicyclic amines) is 1. The molecule has 2 fully saturated rings. The fourth-order valence-corrected chi connectivity index (χ4v) is 3.56. The van der Waals surface area contributed by atoms with Gasteiger partial charge in [-0.1, -0.05) is 0 Å². The molecule has 3 rings (SSSR count). The summed E-state index contributed by atoms with van der Waals surface area (Å²) in [7, 11) is 0. The lowest BCUT2D eigenvalue weighted by atomic mass is 10.0. The average molecular weight is 300 g/mol. The van der Waals surface area contributed by atoms with Crippen molar-refractivity contribution < 1.29 is 4.92 Å². The fraction of sp³-hybridized carbons (Fsp3) is 0.562. The smallest absolute Gasteiger partial charge is 0.287 e. The number of piperidine rings is 1. The summed E-state index contributed by atoms with van der Waals surface area (Å²) in [6.45, 7) is 4.26. The van der Waals surface area contributed by atoms with Gasteiger partial charge in [0.1, 0.15) is 11.6 Å². The van der Waals surface area contributed by atoms with E-state index in [4.69, 9.17) is 5.26 Å². The summed E-state index contributed by atoms with van der Waals surface area (Å²) in [5, 5.41) is 20.1. The summed E-state index contributed by atoms with van der Waals surface area (Å²) in [4.78, 5) is 15.3. The van der Waals surface area contributed by atoms with E-state index in [1.807, 2.05) is 6.07 Å². The number of hydrogen-bond acceptors (Lipinski definition) is 5. The van der Waals surface area contributed by atoms with Crippen molar-refractivity contribution in [3.8, 4) is 6.07 Å². The Kier molecular flexibility index (Phi) is 4.25. The summed E-state index contributed by atoms with van der Waals surface area (Å²) < 4.78 is 0. The molecule has 1 aromatic rings. The van der Waals surface area contributed by atoms with Crippen LogP contribution in [-0.4, -0.2) is 42.0 Å². The maximum absolute atomic E-state index is 10.9. The minimum atomic E-state index is -0.494. The molecule has 0 amide bonds. The Balaban J connectivity index is 1.78. The van der Waals surface area contributed by atoms with E-state index in [0.717, 1.165) is 25.2 Å². The van der Waals surface area contributed by atoms with Crippen molar-refractivity contribution in [1.29, 1.82) is 5.26 Å². The molecule has 0 radical (unpaired) electrons. The molecule has 0 saturated carbocycles. The highest BCUT2D eigenvalue weighted by molar-refractivity contribution is 5.60. The van der Waals surface area contributed by atoms with E-state index < -0.39 is 4.92 Å². The number of nitrogens with zero attached hydrogens (tertiary/aromatic N) is 4. The molecule has 6 heteroatoms. The quantitative estimate of drug-likeness (QED) is 0.633. The minimum absolute atomic E-state index is 0.112. The molecule has 116 valence electrons. The van der Waals surface area contributed by atoms with Crippen molar-refractivity contribution in [2.24, 2.45) is 0 Å². The third kappa shape index (κ3) is 2.90. The molecule has 0 spiro atoms. The molecule has 6 nitrogen and oxygen atoms in total. The lowest BCUT2D eigenvalue weighted by Gasteiger charge is -2.38. The third-order valence-electron chi connectivity index (χ3n) is 4.72. The molecule has 2 aliphatic rings. The van der Waals surface area contributed by atoms with Crippen molar-refractivity contribution in [2.75, 3.05) is 31.1 Å². The second kappa shape index (κ2) is 6.32. The number of anilines is 1. The largest absolute Gasteiger partial charge is 0.370 e. The molecule has 0 aromatic heterocycles. The lowest BCUT2D eigenvalue weighted by Crippen LogP contribution is -2.47. The Labute approximate surface area is 130 Å². The van der Waals surface area contributed by atoms with Gasteiger partial charge in [0.2, 0.25) is 0 Å². The summed E-state index contributed by atoms with van der Waals surface area (Å²) in [5.74, 6) is 0. The van der Waals surface area contributed by atoms with E-state index in [-0.39, 0.29) is 11.3 Å². The van der Waals surface area contributed by atoms with Gasteiger partial charge in [-0.15, -0.1) is 0 Å². The number of nitro benzene ring substituents is 1. The van der Waals surface area contributed by atoms with Gasteiger partial charge in [-0.05, 0) is 50.9 Å². The van der Waals surface area contributed by atoms with Gasteiger partial charge < -0.3 is 4.90 Å². The SMILES string of the molecule is N#Cc1cc(N2CCC[C@H](N3CCCC3)C2)ccc1[N+](=O)[O-]. The van der Waals surface area contributed by atoms with E-state index in [1.54, 1.807) is 12.1 Å². The van der Waals surface area contributed by atoms with Crippen LogP contribution in [0.25, 0.3) is 0 Å². The monoisotopic (exact) mass is 300 g/mol. The second-order valence-corrected chi connectivity index (χ2v) is 6.06. The molecular weight excluding hydrogens is 280 g/mol. The Morgan fingerprint density at radius 2 is 2.00 bits per heavy atom. The fourth-order valence-electron chi connectivity index (χ4n) is 3.56. The van der Waals surface area contributed by atoms with Gasteiger partial charge in [0, 0.05) is 30.9 Å². The highest BCUT2D eigenvalue weighted by atomic mass is 16.6. The van der Waals surface area contributed by atoms with Gasteiger partial charge in [0.15, 0.2) is 0 Å². The zero-order valence-corrected chi connectivity index (χ0v) is 12.6. The summed E-state index contributed by atoms with van der Waals surface area (Å²) in [5.41, 5.74) is 0.955. The van der Waals surface area contributed by atoms with E-state index in [0.29, 0.717) is 6.04 Å². The molecule has 0 N–H and O–H groups in total. The van der Waals surface area contributed by atoms with Crippen LogP contribution in [-0.2, 0) is 0 Å². The van der Waals surface area contributed by atoms with Crippen LogP contribution >= 0.6 is 0 Å². The maximum atomic E-state index is 10.9. The van der Waals surface area contributed by atoms with Crippen molar-refractivity contribution >= 4 is 11.4 Å². The first kappa shape index (κ1) is 14.8. The second-order valence-electron chi connectivity index (χ2n) is 6.06. The van der Waals surface area contributed by atoms with Gasteiger partial charge in [-0.25, -0.2) is 0 Å². The minimum Gasteiger partial charge on any atom is -0.370 e. The first-order valence-corrected chi connectivity index (χ1v) is 7.86. The molecule has 1 aromatic carbocycles. The van der Waals surface area contributed by atoms with Crippen molar-refractivity contribution in [2.45, 2.75) is 31.7 Å². The third-order valence-corrected chi connectivity index (χ3v) is 4.72. The lowest BCUT2D eigenvalue weighted by molar-refractivity contribution is -0.385. The predicted octanol–water partition coefficient (Wildman–Crippen LogP) is 2.53.